The molecule has 21 heavy (non-hydrogen) atoms. The molecule has 0 fully saturated rings. The highest BCUT2D eigenvalue weighted by atomic mass is 32.2. The van der Waals surface area contributed by atoms with Crippen LogP contribution in [0, 0.1) is 0 Å². The number of carbonyl (C=O) groups is 2. The van der Waals surface area contributed by atoms with E-state index in [1.807, 2.05) is 0 Å². The molecular weight excluding hydrogens is 296 g/mol. The third-order valence-electron chi connectivity index (χ3n) is 3.07. The zero-order valence-electron chi connectivity index (χ0n) is 12.0. The maximum absolute atomic E-state index is 11.7. The summed E-state index contributed by atoms with van der Waals surface area (Å²) in [5.74, 6) is -1.05. The molecule has 1 aromatic carbocycles. The number of carbonyl (C=O) groups excluding carboxylic acids is 1. The quantitative estimate of drug-likeness (QED) is 0.759. The van der Waals surface area contributed by atoms with E-state index in [0.29, 0.717) is 5.69 Å². The minimum atomic E-state index is -3.29. The van der Waals surface area contributed by atoms with Gasteiger partial charge in [0.05, 0.1) is 10.3 Å². The summed E-state index contributed by atoms with van der Waals surface area (Å²) in [4.78, 5) is 22.4. The average molecular weight is 314 g/mol. The Morgan fingerprint density at radius 3 is 2.14 bits per heavy atom. The molecule has 0 saturated heterocycles. The van der Waals surface area contributed by atoms with Crippen molar-refractivity contribution >= 4 is 27.5 Å². The lowest BCUT2D eigenvalue weighted by Gasteiger charge is -2.22. The molecule has 7 nitrogen and oxygen atoms in total. The van der Waals surface area contributed by atoms with Crippen molar-refractivity contribution in [1.82, 2.24) is 5.32 Å². The van der Waals surface area contributed by atoms with Gasteiger partial charge in [0.15, 0.2) is 9.84 Å². The second-order valence-corrected chi connectivity index (χ2v) is 7.87. The fourth-order valence-electron chi connectivity index (χ4n) is 1.30. The molecule has 116 valence electrons. The predicted molar refractivity (Wildman–Crippen MR) is 79.3 cm³/mol. The van der Waals surface area contributed by atoms with E-state index < -0.39 is 26.6 Å². The standard InChI is InChI=1S/C13H18N2O5S/c1-13(2,21(3,19)20)8-14-12(18)15-10-6-4-9(5-7-10)11(16)17/h4-7H,8H2,1-3H3,(H,16,17)(H2,14,15,18). The lowest BCUT2D eigenvalue weighted by Crippen LogP contribution is -2.45. The number of rotatable bonds is 5. The third kappa shape index (κ3) is 4.75. The molecule has 0 aliphatic rings. The van der Waals surface area contributed by atoms with Crippen LogP contribution in [0.25, 0.3) is 0 Å². The average Bonchev–Trinajstić information content (AvgIpc) is 2.36. The summed E-state index contributed by atoms with van der Waals surface area (Å²) in [5, 5.41) is 13.7. The minimum Gasteiger partial charge on any atom is -0.478 e. The molecule has 0 heterocycles. The van der Waals surface area contributed by atoms with Crippen LogP contribution in [0.5, 0.6) is 0 Å². The summed E-state index contributed by atoms with van der Waals surface area (Å²) in [6.07, 6.45) is 1.11. The summed E-state index contributed by atoms with van der Waals surface area (Å²) in [6, 6.07) is 5.06. The van der Waals surface area contributed by atoms with E-state index in [0.717, 1.165) is 6.26 Å². The van der Waals surface area contributed by atoms with E-state index in [4.69, 9.17) is 5.11 Å². The van der Waals surface area contributed by atoms with Crippen LogP contribution < -0.4 is 10.6 Å². The Bertz CT molecular complexity index is 635. The van der Waals surface area contributed by atoms with E-state index in [1.54, 1.807) is 0 Å². The van der Waals surface area contributed by atoms with Crippen LogP contribution in [0.15, 0.2) is 24.3 Å². The Morgan fingerprint density at radius 2 is 1.71 bits per heavy atom. The molecule has 0 saturated carbocycles. The Morgan fingerprint density at radius 1 is 1.19 bits per heavy atom. The molecule has 0 aliphatic heterocycles. The van der Waals surface area contributed by atoms with Crippen LogP contribution in [-0.4, -0.2) is 43.1 Å². The van der Waals surface area contributed by atoms with Crippen molar-refractivity contribution in [2.75, 3.05) is 18.1 Å². The molecule has 1 aromatic rings. The van der Waals surface area contributed by atoms with Crippen LogP contribution in [0.4, 0.5) is 10.5 Å². The number of anilines is 1. The molecule has 8 heteroatoms. The van der Waals surface area contributed by atoms with Gasteiger partial charge < -0.3 is 15.7 Å². The summed E-state index contributed by atoms with van der Waals surface area (Å²) in [7, 11) is -3.29. The molecule has 0 atom stereocenters. The van der Waals surface area contributed by atoms with E-state index in [2.05, 4.69) is 10.6 Å². The Balaban J connectivity index is 2.60. The summed E-state index contributed by atoms with van der Waals surface area (Å²) >= 11 is 0. The van der Waals surface area contributed by atoms with Crippen molar-refractivity contribution in [2.45, 2.75) is 18.6 Å². The van der Waals surface area contributed by atoms with E-state index in [9.17, 15) is 18.0 Å². The molecule has 2 amide bonds. The first-order valence-corrected chi connectivity index (χ1v) is 8.00. The number of hydrogen-bond acceptors (Lipinski definition) is 4. The molecule has 0 radical (unpaired) electrons. The van der Waals surface area contributed by atoms with Gasteiger partial charge in [0.1, 0.15) is 0 Å². The second kappa shape index (κ2) is 6.13. The minimum absolute atomic E-state index is 0.0368. The molecule has 0 aliphatic carbocycles. The smallest absolute Gasteiger partial charge is 0.335 e. The highest BCUT2D eigenvalue weighted by molar-refractivity contribution is 7.92. The molecular formula is C13H18N2O5S. The summed E-state index contributed by atoms with van der Waals surface area (Å²) in [6.45, 7) is 3.00. The van der Waals surface area contributed by atoms with Crippen molar-refractivity contribution in [1.29, 1.82) is 0 Å². The van der Waals surface area contributed by atoms with Crippen molar-refractivity contribution in [3.05, 3.63) is 29.8 Å². The highest BCUT2D eigenvalue weighted by Gasteiger charge is 2.30. The normalized spacial score (nSPS) is 11.8. The first kappa shape index (κ1) is 17.0. The number of sulfone groups is 1. The van der Waals surface area contributed by atoms with Gasteiger partial charge >= 0.3 is 12.0 Å². The number of aromatic carboxylic acids is 1. The SMILES string of the molecule is CC(C)(CNC(=O)Nc1ccc(C(=O)O)cc1)S(C)(=O)=O. The van der Waals surface area contributed by atoms with Crippen molar-refractivity contribution in [3.63, 3.8) is 0 Å². The van der Waals surface area contributed by atoms with Gasteiger partial charge in [0.25, 0.3) is 0 Å². The molecule has 0 aromatic heterocycles. The second-order valence-electron chi connectivity index (χ2n) is 5.22. The number of carboxylic acids is 1. The number of urea groups is 1. The maximum Gasteiger partial charge on any atom is 0.335 e. The number of nitrogens with one attached hydrogen (secondary N) is 2. The van der Waals surface area contributed by atoms with E-state index in [1.165, 1.54) is 38.1 Å². The Labute approximate surface area is 123 Å². The van der Waals surface area contributed by atoms with Crippen LogP contribution in [0.1, 0.15) is 24.2 Å². The lowest BCUT2D eigenvalue weighted by molar-refractivity contribution is 0.0697. The first-order valence-electron chi connectivity index (χ1n) is 6.11. The zero-order chi connectivity index (χ0) is 16.3. The van der Waals surface area contributed by atoms with Crippen molar-refractivity contribution in [2.24, 2.45) is 0 Å². The highest BCUT2D eigenvalue weighted by Crippen LogP contribution is 2.14. The fraction of sp³-hybridized carbons (Fsp3) is 0.385. The Hall–Kier alpha value is -2.09. The van der Waals surface area contributed by atoms with Crippen LogP contribution in [-0.2, 0) is 9.84 Å². The van der Waals surface area contributed by atoms with Crippen LogP contribution in [0.3, 0.4) is 0 Å². The summed E-state index contributed by atoms with van der Waals surface area (Å²) in [5.41, 5.74) is 0.522. The maximum atomic E-state index is 11.7. The topological polar surface area (TPSA) is 113 Å². The van der Waals surface area contributed by atoms with Gasteiger partial charge in [-0.1, -0.05) is 0 Å². The van der Waals surface area contributed by atoms with Crippen molar-refractivity contribution in [3.8, 4) is 0 Å². The van der Waals surface area contributed by atoms with Crippen molar-refractivity contribution < 1.29 is 23.1 Å². The van der Waals surface area contributed by atoms with E-state index in [-0.39, 0.29) is 12.1 Å². The van der Waals surface area contributed by atoms with Crippen LogP contribution in [0.2, 0.25) is 0 Å². The number of amides is 2. The first-order chi connectivity index (χ1) is 9.53. The largest absolute Gasteiger partial charge is 0.478 e. The predicted octanol–water partition coefficient (Wildman–Crippen LogP) is 1.33. The monoisotopic (exact) mass is 314 g/mol. The molecule has 0 spiro atoms. The Kier molecular flexibility index (Phi) is 4.95. The third-order valence-corrected chi connectivity index (χ3v) is 5.22. The lowest BCUT2D eigenvalue weighted by atomic mass is 10.2. The zero-order valence-corrected chi connectivity index (χ0v) is 12.8. The van der Waals surface area contributed by atoms with Gasteiger partial charge in [0.2, 0.25) is 0 Å². The number of benzene rings is 1. The number of carboxylic acid groups (broad SMARTS) is 1. The van der Waals surface area contributed by atoms with Gasteiger partial charge in [0, 0.05) is 18.5 Å². The summed E-state index contributed by atoms with van der Waals surface area (Å²) < 4.78 is 21.9. The molecule has 0 bridgehead atoms. The molecule has 3 N–H and O–H groups in total. The van der Waals surface area contributed by atoms with Gasteiger partial charge in [-0.3, -0.25) is 0 Å². The molecule has 0 unspecified atom stereocenters. The van der Waals surface area contributed by atoms with E-state index >= 15 is 0 Å². The number of hydrogen-bond donors (Lipinski definition) is 3. The fourth-order valence-corrected chi connectivity index (χ4v) is 1.63. The van der Waals surface area contributed by atoms with Gasteiger partial charge in [-0.25, -0.2) is 18.0 Å². The molecule has 1 rings (SSSR count). The van der Waals surface area contributed by atoms with Gasteiger partial charge in [-0.05, 0) is 38.1 Å². The van der Waals surface area contributed by atoms with Gasteiger partial charge in [-0.2, -0.15) is 0 Å². The van der Waals surface area contributed by atoms with Crippen LogP contribution >= 0.6 is 0 Å². The van der Waals surface area contributed by atoms with Gasteiger partial charge in [-0.15, -0.1) is 0 Å².